The van der Waals surface area contributed by atoms with E-state index in [2.05, 4.69) is 22.5 Å². The standard InChI is InChI=1S/C17H16N2O3/c1-7-13(18-8(2)15(7)17(21)22)6-12-11-4-9-3-10(9)5-14(11)19-16(12)20/h4-6,9-10,18H,3H2,1-2H3,(H,19,20)(H,21,22)/b12-6-. The molecule has 1 saturated heterocycles. The first-order valence-corrected chi connectivity index (χ1v) is 7.35. The summed E-state index contributed by atoms with van der Waals surface area (Å²) in [5.41, 5.74) is 4.68. The molecule has 1 aromatic rings. The van der Waals surface area contributed by atoms with Crippen LogP contribution in [0.5, 0.6) is 0 Å². The van der Waals surface area contributed by atoms with E-state index in [1.165, 1.54) is 0 Å². The Hall–Kier alpha value is -2.56. The largest absolute Gasteiger partial charge is 0.478 e. The van der Waals surface area contributed by atoms with Gasteiger partial charge in [0.1, 0.15) is 0 Å². The van der Waals surface area contributed by atoms with Crippen LogP contribution in [0.3, 0.4) is 0 Å². The van der Waals surface area contributed by atoms with Crippen LogP contribution in [-0.4, -0.2) is 22.0 Å². The van der Waals surface area contributed by atoms with Crippen LogP contribution in [0.1, 0.15) is 33.7 Å². The highest BCUT2D eigenvalue weighted by atomic mass is 16.4. The highest BCUT2D eigenvalue weighted by molar-refractivity contribution is 6.09. The Bertz CT molecular complexity index is 823. The summed E-state index contributed by atoms with van der Waals surface area (Å²) < 4.78 is 0. The fourth-order valence-electron chi connectivity index (χ4n) is 3.41. The number of fused-ring (bicyclic) bond motifs is 2. The van der Waals surface area contributed by atoms with Crippen molar-refractivity contribution in [2.24, 2.45) is 11.8 Å². The minimum absolute atomic E-state index is 0.123. The number of aromatic nitrogens is 1. The fourth-order valence-corrected chi connectivity index (χ4v) is 3.41. The van der Waals surface area contributed by atoms with Crippen molar-refractivity contribution < 1.29 is 14.7 Å². The molecule has 2 heterocycles. The molecule has 22 heavy (non-hydrogen) atoms. The van der Waals surface area contributed by atoms with Gasteiger partial charge in [0.15, 0.2) is 0 Å². The van der Waals surface area contributed by atoms with Gasteiger partial charge < -0.3 is 15.4 Å². The Morgan fingerprint density at radius 3 is 2.73 bits per heavy atom. The summed E-state index contributed by atoms with van der Waals surface area (Å²) in [6, 6.07) is 0. The molecule has 0 bridgehead atoms. The first-order chi connectivity index (χ1) is 10.5. The second kappa shape index (κ2) is 4.22. The van der Waals surface area contributed by atoms with Gasteiger partial charge in [-0.15, -0.1) is 0 Å². The molecule has 0 aromatic carbocycles. The zero-order valence-corrected chi connectivity index (χ0v) is 12.4. The van der Waals surface area contributed by atoms with Gasteiger partial charge in [0, 0.05) is 22.7 Å². The van der Waals surface area contributed by atoms with Gasteiger partial charge in [0.25, 0.3) is 5.91 Å². The van der Waals surface area contributed by atoms with Crippen molar-refractivity contribution in [3.8, 4) is 0 Å². The number of carboxylic acids is 1. The smallest absolute Gasteiger partial charge is 0.337 e. The molecule has 1 aromatic heterocycles. The molecular weight excluding hydrogens is 280 g/mol. The SMILES string of the molecule is Cc1[nH]c(/C=C2\C(=O)NC3=CC4CC4C=C32)c(C)c1C(=O)O. The number of allylic oxidation sites excluding steroid dienone is 3. The summed E-state index contributed by atoms with van der Waals surface area (Å²) in [6.07, 6.45) is 7.21. The first-order valence-electron chi connectivity index (χ1n) is 7.35. The number of rotatable bonds is 2. The van der Waals surface area contributed by atoms with E-state index in [1.807, 2.05) is 0 Å². The van der Waals surface area contributed by atoms with Crippen LogP contribution in [0.2, 0.25) is 0 Å². The van der Waals surface area contributed by atoms with Crippen LogP contribution in [0.15, 0.2) is 29.0 Å². The molecule has 2 fully saturated rings. The molecular formula is C17H16N2O3. The van der Waals surface area contributed by atoms with Crippen molar-refractivity contribution in [3.63, 3.8) is 0 Å². The maximum Gasteiger partial charge on any atom is 0.337 e. The van der Waals surface area contributed by atoms with E-state index in [0.29, 0.717) is 34.4 Å². The van der Waals surface area contributed by atoms with E-state index < -0.39 is 5.97 Å². The van der Waals surface area contributed by atoms with Crippen LogP contribution in [-0.2, 0) is 4.79 Å². The third-order valence-electron chi connectivity index (χ3n) is 4.70. The van der Waals surface area contributed by atoms with Crippen LogP contribution in [0.25, 0.3) is 6.08 Å². The number of hydrogen-bond acceptors (Lipinski definition) is 2. The number of nitrogens with one attached hydrogen (secondary N) is 2. The number of H-pyrrole nitrogens is 1. The van der Waals surface area contributed by atoms with Crippen molar-refractivity contribution in [2.75, 3.05) is 0 Å². The minimum Gasteiger partial charge on any atom is -0.478 e. The quantitative estimate of drug-likeness (QED) is 0.732. The average Bonchev–Trinajstić information content (AvgIpc) is 3.05. The number of aromatic amines is 1. The highest BCUT2D eigenvalue weighted by Crippen LogP contribution is 2.48. The van der Waals surface area contributed by atoms with Crippen LogP contribution < -0.4 is 5.32 Å². The van der Waals surface area contributed by atoms with E-state index in [4.69, 9.17) is 0 Å². The number of aryl methyl sites for hydroxylation is 1. The molecule has 2 unspecified atom stereocenters. The van der Waals surface area contributed by atoms with Crippen LogP contribution in [0, 0.1) is 25.7 Å². The van der Waals surface area contributed by atoms with Gasteiger partial charge >= 0.3 is 5.97 Å². The lowest BCUT2D eigenvalue weighted by molar-refractivity contribution is -0.115. The van der Waals surface area contributed by atoms with Gasteiger partial charge in [-0.1, -0.05) is 12.2 Å². The summed E-state index contributed by atoms with van der Waals surface area (Å²) in [7, 11) is 0. The molecule has 1 aliphatic heterocycles. The zero-order chi connectivity index (χ0) is 15.6. The van der Waals surface area contributed by atoms with Gasteiger partial charge in [-0.25, -0.2) is 4.79 Å². The summed E-state index contributed by atoms with van der Waals surface area (Å²) in [5.74, 6) is 0.0507. The van der Waals surface area contributed by atoms with E-state index in [9.17, 15) is 14.7 Å². The minimum atomic E-state index is -0.954. The Balaban J connectivity index is 1.80. The van der Waals surface area contributed by atoms with Gasteiger partial charge in [0.05, 0.1) is 11.1 Å². The van der Waals surface area contributed by atoms with Crippen molar-refractivity contribution in [3.05, 3.63) is 51.5 Å². The topological polar surface area (TPSA) is 82.2 Å². The third-order valence-corrected chi connectivity index (χ3v) is 4.70. The first kappa shape index (κ1) is 13.1. The predicted molar refractivity (Wildman–Crippen MR) is 81.1 cm³/mol. The molecule has 4 rings (SSSR count). The number of carbonyl (C=O) groups is 2. The number of carbonyl (C=O) groups excluding carboxylic acids is 1. The van der Waals surface area contributed by atoms with Gasteiger partial charge in [-0.05, 0) is 43.7 Å². The Morgan fingerprint density at radius 1 is 1.32 bits per heavy atom. The summed E-state index contributed by atoms with van der Waals surface area (Å²) in [4.78, 5) is 26.6. The van der Waals surface area contributed by atoms with Gasteiger partial charge in [0.2, 0.25) is 0 Å². The third kappa shape index (κ3) is 1.78. The molecule has 1 amide bonds. The number of amides is 1. The van der Waals surface area contributed by atoms with Gasteiger partial charge in [-0.3, -0.25) is 4.79 Å². The molecule has 2 atom stereocenters. The van der Waals surface area contributed by atoms with Crippen molar-refractivity contribution in [2.45, 2.75) is 20.3 Å². The van der Waals surface area contributed by atoms with Crippen molar-refractivity contribution >= 4 is 18.0 Å². The lowest BCUT2D eigenvalue weighted by atomic mass is 9.98. The number of aromatic carboxylic acids is 1. The predicted octanol–water partition coefficient (Wildman–Crippen LogP) is 2.30. The molecule has 2 aliphatic carbocycles. The van der Waals surface area contributed by atoms with Crippen molar-refractivity contribution in [1.29, 1.82) is 0 Å². The average molecular weight is 296 g/mol. The summed E-state index contributed by atoms with van der Waals surface area (Å²) >= 11 is 0. The lowest BCUT2D eigenvalue weighted by Gasteiger charge is -2.05. The summed E-state index contributed by atoms with van der Waals surface area (Å²) in [5, 5.41) is 12.2. The molecule has 3 N–H and O–H groups in total. The molecule has 112 valence electrons. The maximum absolute atomic E-state index is 12.2. The number of hydrogen-bond donors (Lipinski definition) is 3. The fraction of sp³-hybridized carbons (Fsp3) is 0.294. The molecule has 5 nitrogen and oxygen atoms in total. The monoisotopic (exact) mass is 296 g/mol. The number of carboxylic acid groups (broad SMARTS) is 1. The van der Waals surface area contributed by atoms with E-state index in [0.717, 1.165) is 17.7 Å². The second-order valence-electron chi connectivity index (χ2n) is 6.21. The Morgan fingerprint density at radius 2 is 2.05 bits per heavy atom. The maximum atomic E-state index is 12.2. The molecule has 1 saturated carbocycles. The van der Waals surface area contributed by atoms with Crippen molar-refractivity contribution in [1.82, 2.24) is 10.3 Å². The zero-order valence-electron chi connectivity index (χ0n) is 12.4. The normalized spacial score (nSPS) is 27.0. The second-order valence-corrected chi connectivity index (χ2v) is 6.21. The summed E-state index contributed by atoms with van der Waals surface area (Å²) in [6.45, 7) is 3.49. The molecule has 0 spiro atoms. The van der Waals surface area contributed by atoms with E-state index in [1.54, 1.807) is 19.9 Å². The van der Waals surface area contributed by atoms with Crippen LogP contribution >= 0.6 is 0 Å². The Kier molecular flexibility index (Phi) is 2.52. The lowest BCUT2D eigenvalue weighted by Crippen LogP contribution is -2.13. The Labute approximate surface area is 127 Å². The highest BCUT2D eigenvalue weighted by Gasteiger charge is 2.41. The van der Waals surface area contributed by atoms with Gasteiger partial charge in [-0.2, -0.15) is 0 Å². The van der Waals surface area contributed by atoms with E-state index in [-0.39, 0.29) is 11.5 Å². The molecule has 5 heteroatoms. The molecule has 0 radical (unpaired) electrons. The van der Waals surface area contributed by atoms with E-state index >= 15 is 0 Å². The molecule has 3 aliphatic rings. The van der Waals surface area contributed by atoms with Crippen LogP contribution in [0.4, 0.5) is 0 Å².